The summed E-state index contributed by atoms with van der Waals surface area (Å²) in [6.45, 7) is 0. The Labute approximate surface area is 125 Å². The molecule has 1 aromatic carbocycles. The van der Waals surface area contributed by atoms with Crippen molar-refractivity contribution in [2.24, 2.45) is 0 Å². The summed E-state index contributed by atoms with van der Waals surface area (Å²) in [5, 5.41) is 17.0. The summed E-state index contributed by atoms with van der Waals surface area (Å²) in [6.07, 6.45) is 4.82. The van der Waals surface area contributed by atoms with E-state index in [1.807, 2.05) is 12.1 Å². The highest BCUT2D eigenvalue weighted by molar-refractivity contribution is 5.90. The number of benzene rings is 1. The smallest absolute Gasteiger partial charge is 0.289 e. The van der Waals surface area contributed by atoms with Crippen LogP contribution in [0.15, 0.2) is 36.9 Å². The quantitative estimate of drug-likeness (QED) is 0.744. The maximum Gasteiger partial charge on any atom is 0.289 e. The largest absolute Gasteiger partial charge is 0.343 e. The lowest BCUT2D eigenvalue weighted by Crippen LogP contribution is -2.28. The number of hydrogen-bond acceptors (Lipinski definition) is 5. The lowest BCUT2D eigenvalue weighted by molar-refractivity contribution is 0.0926. The highest BCUT2D eigenvalue weighted by Crippen LogP contribution is 2.30. The van der Waals surface area contributed by atoms with Crippen molar-refractivity contribution < 1.29 is 4.79 Å². The molecule has 0 saturated heterocycles. The van der Waals surface area contributed by atoms with Gasteiger partial charge in [-0.3, -0.25) is 14.5 Å². The molecule has 0 fully saturated rings. The van der Waals surface area contributed by atoms with Gasteiger partial charge in [0.05, 0.1) is 6.04 Å². The molecule has 1 aliphatic rings. The summed E-state index contributed by atoms with van der Waals surface area (Å²) in [5.74, 6) is 0.239. The molecular weight excluding hydrogens is 282 g/mol. The predicted octanol–water partition coefficient (Wildman–Crippen LogP) is 0.803. The lowest BCUT2D eigenvalue weighted by Gasteiger charge is -2.12. The molecule has 0 bridgehead atoms. The van der Waals surface area contributed by atoms with Crippen LogP contribution in [-0.2, 0) is 6.42 Å². The molecule has 0 spiro atoms. The van der Waals surface area contributed by atoms with Crippen LogP contribution in [-0.4, -0.2) is 35.9 Å². The van der Waals surface area contributed by atoms with E-state index in [0.29, 0.717) is 5.95 Å². The minimum Gasteiger partial charge on any atom is -0.343 e. The van der Waals surface area contributed by atoms with Crippen molar-refractivity contribution in [3.05, 3.63) is 53.9 Å². The number of aromatic amines is 1. The van der Waals surface area contributed by atoms with Crippen molar-refractivity contribution in [1.82, 2.24) is 35.3 Å². The van der Waals surface area contributed by atoms with Gasteiger partial charge in [-0.1, -0.05) is 24.3 Å². The van der Waals surface area contributed by atoms with Crippen molar-refractivity contribution in [3.63, 3.8) is 0 Å². The zero-order valence-electron chi connectivity index (χ0n) is 11.6. The van der Waals surface area contributed by atoms with E-state index in [4.69, 9.17) is 0 Å². The number of nitrogens with one attached hydrogen (secondary N) is 2. The first-order valence-corrected chi connectivity index (χ1v) is 6.97. The van der Waals surface area contributed by atoms with E-state index in [1.54, 1.807) is 0 Å². The number of carbonyl (C=O) groups is 1. The van der Waals surface area contributed by atoms with Gasteiger partial charge in [0.25, 0.3) is 11.9 Å². The second-order valence-corrected chi connectivity index (χ2v) is 5.12. The Morgan fingerprint density at radius 2 is 2.09 bits per heavy atom. The molecule has 1 aliphatic carbocycles. The van der Waals surface area contributed by atoms with Crippen LogP contribution >= 0.6 is 0 Å². The number of rotatable bonds is 3. The average Bonchev–Trinajstić information content (AvgIpc) is 3.28. The van der Waals surface area contributed by atoms with E-state index in [9.17, 15) is 4.79 Å². The van der Waals surface area contributed by atoms with Gasteiger partial charge in [-0.25, -0.2) is 0 Å². The normalized spacial score (nSPS) is 16.5. The van der Waals surface area contributed by atoms with Gasteiger partial charge < -0.3 is 5.32 Å². The Morgan fingerprint density at radius 1 is 1.27 bits per heavy atom. The first kappa shape index (κ1) is 12.7. The zero-order chi connectivity index (χ0) is 14.9. The molecule has 1 atom stereocenters. The van der Waals surface area contributed by atoms with Gasteiger partial charge in [0.1, 0.15) is 12.7 Å². The van der Waals surface area contributed by atoms with Crippen molar-refractivity contribution in [2.75, 3.05) is 0 Å². The predicted molar refractivity (Wildman–Crippen MR) is 76.3 cm³/mol. The third-order valence-electron chi connectivity index (χ3n) is 3.78. The van der Waals surface area contributed by atoms with Gasteiger partial charge in [0.15, 0.2) is 0 Å². The standard InChI is InChI=1S/C14H13N7O/c22-13(12-18-14(20-19-12)21-7-15-16-8-21)17-11-6-5-9-3-1-2-4-10(9)11/h1-4,7-8,11H,5-6H2,(H,17,22)(H,18,19,20). The Bertz CT molecular complexity index is 808. The summed E-state index contributed by atoms with van der Waals surface area (Å²) >= 11 is 0. The fourth-order valence-electron chi connectivity index (χ4n) is 2.71. The number of carbonyl (C=O) groups excluding carboxylic acids is 1. The second kappa shape index (κ2) is 5.06. The molecule has 8 heteroatoms. The number of nitrogens with zero attached hydrogens (tertiary/aromatic N) is 5. The number of amides is 1. The van der Waals surface area contributed by atoms with Crippen LogP contribution in [0, 0.1) is 0 Å². The lowest BCUT2D eigenvalue weighted by atomic mass is 10.1. The van der Waals surface area contributed by atoms with Gasteiger partial charge in [0.2, 0.25) is 5.82 Å². The van der Waals surface area contributed by atoms with Crippen molar-refractivity contribution >= 4 is 5.91 Å². The van der Waals surface area contributed by atoms with E-state index in [2.05, 4.69) is 42.8 Å². The van der Waals surface area contributed by atoms with E-state index in [1.165, 1.54) is 28.3 Å². The molecule has 4 rings (SSSR count). The van der Waals surface area contributed by atoms with Crippen LogP contribution in [0.25, 0.3) is 5.95 Å². The van der Waals surface area contributed by atoms with Crippen LogP contribution in [0.1, 0.15) is 34.2 Å². The minimum absolute atomic E-state index is 0.0205. The van der Waals surface area contributed by atoms with Crippen LogP contribution in [0.5, 0.6) is 0 Å². The second-order valence-electron chi connectivity index (χ2n) is 5.12. The fraction of sp³-hybridized carbons (Fsp3) is 0.214. The number of aromatic nitrogens is 6. The Morgan fingerprint density at radius 3 is 2.95 bits per heavy atom. The van der Waals surface area contributed by atoms with Crippen LogP contribution in [0.4, 0.5) is 0 Å². The number of fused-ring (bicyclic) bond motifs is 1. The first-order valence-electron chi connectivity index (χ1n) is 6.97. The maximum atomic E-state index is 12.3. The number of hydrogen-bond donors (Lipinski definition) is 2. The average molecular weight is 295 g/mol. The minimum atomic E-state index is -0.270. The number of aryl methyl sites for hydroxylation is 1. The molecule has 2 aromatic heterocycles. The van der Waals surface area contributed by atoms with Crippen molar-refractivity contribution in [1.29, 1.82) is 0 Å². The molecule has 0 saturated carbocycles. The highest BCUT2D eigenvalue weighted by Gasteiger charge is 2.25. The van der Waals surface area contributed by atoms with Crippen LogP contribution in [0.2, 0.25) is 0 Å². The Hall–Kier alpha value is -3.03. The SMILES string of the molecule is O=C(NC1CCc2ccccc21)c1nc(-n2cnnc2)n[nH]1. The monoisotopic (exact) mass is 295 g/mol. The summed E-state index contributed by atoms with van der Waals surface area (Å²) in [5.41, 5.74) is 2.46. The van der Waals surface area contributed by atoms with Gasteiger partial charge in [-0.05, 0) is 24.0 Å². The molecule has 1 amide bonds. The molecule has 8 nitrogen and oxygen atoms in total. The third kappa shape index (κ3) is 2.14. The van der Waals surface area contributed by atoms with Gasteiger partial charge in [-0.15, -0.1) is 15.3 Å². The summed E-state index contributed by atoms with van der Waals surface area (Å²) in [7, 11) is 0. The molecule has 110 valence electrons. The van der Waals surface area contributed by atoms with Crippen LogP contribution in [0.3, 0.4) is 0 Å². The van der Waals surface area contributed by atoms with Gasteiger partial charge in [0, 0.05) is 0 Å². The van der Waals surface area contributed by atoms with E-state index < -0.39 is 0 Å². The zero-order valence-corrected chi connectivity index (χ0v) is 11.6. The number of H-pyrrole nitrogens is 1. The molecule has 22 heavy (non-hydrogen) atoms. The topological polar surface area (TPSA) is 101 Å². The van der Waals surface area contributed by atoms with Crippen LogP contribution < -0.4 is 5.32 Å². The molecular formula is C14H13N7O. The van der Waals surface area contributed by atoms with E-state index in [0.717, 1.165) is 12.8 Å². The van der Waals surface area contributed by atoms with Crippen molar-refractivity contribution in [2.45, 2.75) is 18.9 Å². The summed E-state index contributed by atoms with van der Waals surface area (Å²) < 4.78 is 1.53. The molecule has 1 unspecified atom stereocenters. The van der Waals surface area contributed by atoms with Crippen molar-refractivity contribution in [3.8, 4) is 5.95 Å². The van der Waals surface area contributed by atoms with E-state index in [-0.39, 0.29) is 17.8 Å². The molecule has 0 radical (unpaired) electrons. The maximum absolute atomic E-state index is 12.3. The van der Waals surface area contributed by atoms with E-state index >= 15 is 0 Å². The summed E-state index contributed by atoms with van der Waals surface area (Å²) in [6, 6.07) is 8.18. The molecule has 2 heterocycles. The molecule has 2 N–H and O–H groups in total. The Balaban J connectivity index is 1.52. The van der Waals surface area contributed by atoms with Gasteiger partial charge in [-0.2, -0.15) is 4.98 Å². The first-order chi connectivity index (χ1) is 10.8. The molecule has 3 aromatic rings. The summed E-state index contributed by atoms with van der Waals surface area (Å²) in [4.78, 5) is 16.5. The van der Waals surface area contributed by atoms with Gasteiger partial charge >= 0.3 is 0 Å². The highest BCUT2D eigenvalue weighted by atomic mass is 16.2. The molecule has 0 aliphatic heterocycles. The third-order valence-corrected chi connectivity index (χ3v) is 3.78. The fourth-order valence-corrected chi connectivity index (χ4v) is 2.71. The Kier molecular flexibility index (Phi) is 2.92.